The van der Waals surface area contributed by atoms with Crippen molar-refractivity contribution in [2.75, 3.05) is 0 Å². The second kappa shape index (κ2) is 5.26. The number of nitro groups is 1. The summed E-state index contributed by atoms with van der Waals surface area (Å²) in [5.74, 6) is -1.19. The van der Waals surface area contributed by atoms with Crippen molar-refractivity contribution >= 4 is 11.7 Å². The zero-order valence-electron chi connectivity index (χ0n) is 9.81. The third-order valence-corrected chi connectivity index (χ3v) is 2.55. The maximum atomic E-state index is 10.9. The van der Waals surface area contributed by atoms with Crippen molar-refractivity contribution in [1.82, 2.24) is 4.98 Å². The molecule has 0 aliphatic carbocycles. The van der Waals surface area contributed by atoms with Gasteiger partial charge in [0.1, 0.15) is 0 Å². The Kier molecular flexibility index (Phi) is 3.51. The largest absolute Gasteiger partial charge is 0.478 e. The Morgan fingerprint density at radius 1 is 1.32 bits per heavy atom. The summed E-state index contributed by atoms with van der Waals surface area (Å²) in [7, 11) is 0. The quantitative estimate of drug-likeness (QED) is 0.670. The zero-order chi connectivity index (χ0) is 13.8. The van der Waals surface area contributed by atoms with Gasteiger partial charge in [-0.15, -0.1) is 0 Å². The fourth-order valence-corrected chi connectivity index (χ4v) is 1.72. The highest BCUT2D eigenvalue weighted by Gasteiger charge is 2.14. The first-order valence-corrected chi connectivity index (χ1v) is 5.48. The van der Waals surface area contributed by atoms with Crippen molar-refractivity contribution in [3.8, 4) is 0 Å². The predicted molar refractivity (Wildman–Crippen MR) is 67.1 cm³/mol. The van der Waals surface area contributed by atoms with E-state index in [-0.39, 0.29) is 11.3 Å². The lowest BCUT2D eigenvalue weighted by molar-refractivity contribution is -0.384. The van der Waals surface area contributed by atoms with E-state index in [1.807, 2.05) is 0 Å². The molecule has 0 aliphatic heterocycles. The van der Waals surface area contributed by atoms with E-state index < -0.39 is 10.9 Å². The first-order chi connectivity index (χ1) is 9.06. The van der Waals surface area contributed by atoms with E-state index in [9.17, 15) is 14.9 Å². The van der Waals surface area contributed by atoms with Crippen LogP contribution in [0.5, 0.6) is 0 Å². The molecule has 0 saturated carbocycles. The van der Waals surface area contributed by atoms with E-state index in [1.54, 1.807) is 24.4 Å². The molecular formula is C13H10N2O4. The van der Waals surface area contributed by atoms with E-state index in [4.69, 9.17) is 5.11 Å². The van der Waals surface area contributed by atoms with Gasteiger partial charge in [-0.2, -0.15) is 0 Å². The first-order valence-electron chi connectivity index (χ1n) is 5.48. The molecule has 96 valence electrons. The summed E-state index contributed by atoms with van der Waals surface area (Å²) in [5, 5.41) is 19.7. The summed E-state index contributed by atoms with van der Waals surface area (Å²) in [6, 6.07) is 9.17. The highest BCUT2D eigenvalue weighted by atomic mass is 16.6. The van der Waals surface area contributed by atoms with Gasteiger partial charge in [0.05, 0.1) is 10.5 Å². The number of carboxylic acid groups (broad SMARTS) is 1. The summed E-state index contributed by atoms with van der Waals surface area (Å²) < 4.78 is 0. The van der Waals surface area contributed by atoms with Crippen molar-refractivity contribution < 1.29 is 14.8 Å². The summed E-state index contributed by atoms with van der Waals surface area (Å²) >= 11 is 0. The van der Waals surface area contributed by atoms with Gasteiger partial charge in [0.15, 0.2) is 0 Å². The molecule has 1 N–H and O–H groups in total. The van der Waals surface area contributed by atoms with Crippen LogP contribution in [-0.2, 0) is 6.42 Å². The van der Waals surface area contributed by atoms with Crippen LogP contribution in [0.4, 0.5) is 5.69 Å². The molecule has 0 unspecified atom stereocenters. The van der Waals surface area contributed by atoms with Gasteiger partial charge in [-0.05, 0) is 23.8 Å². The van der Waals surface area contributed by atoms with Gasteiger partial charge in [0, 0.05) is 30.4 Å². The van der Waals surface area contributed by atoms with Crippen LogP contribution in [-0.4, -0.2) is 21.0 Å². The van der Waals surface area contributed by atoms with E-state index in [0.717, 1.165) is 11.8 Å². The van der Waals surface area contributed by atoms with Gasteiger partial charge in [0.25, 0.3) is 5.69 Å². The van der Waals surface area contributed by atoms with Crippen LogP contribution < -0.4 is 0 Å². The summed E-state index contributed by atoms with van der Waals surface area (Å²) in [4.78, 5) is 25.2. The highest BCUT2D eigenvalue weighted by Crippen LogP contribution is 2.19. The molecule has 1 aromatic carbocycles. The average Bonchev–Trinajstić information content (AvgIpc) is 2.39. The number of aromatic carboxylic acids is 1. The molecule has 0 amide bonds. The molecule has 2 rings (SSSR count). The summed E-state index contributed by atoms with van der Waals surface area (Å²) in [6.07, 6.45) is 1.97. The van der Waals surface area contributed by atoms with Crippen LogP contribution in [0, 0.1) is 10.1 Å². The van der Waals surface area contributed by atoms with Crippen LogP contribution in [0.15, 0.2) is 42.6 Å². The zero-order valence-corrected chi connectivity index (χ0v) is 9.81. The van der Waals surface area contributed by atoms with Crippen molar-refractivity contribution in [3.63, 3.8) is 0 Å². The van der Waals surface area contributed by atoms with Crippen LogP contribution in [0.25, 0.3) is 0 Å². The van der Waals surface area contributed by atoms with Crippen LogP contribution in [0.3, 0.4) is 0 Å². The summed E-state index contributed by atoms with van der Waals surface area (Å²) in [5.41, 5.74) is 0.940. The third-order valence-electron chi connectivity index (χ3n) is 2.55. The molecule has 0 bridgehead atoms. The number of rotatable bonds is 4. The van der Waals surface area contributed by atoms with Gasteiger partial charge >= 0.3 is 5.97 Å². The van der Waals surface area contributed by atoms with Crippen molar-refractivity contribution in [1.29, 1.82) is 0 Å². The lowest BCUT2D eigenvalue weighted by atomic mass is 10.0. The molecule has 0 atom stereocenters. The van der Waals surface area contributed by atoms with E-state index >= 15 is 0 Å². The standard InChI is InChI=1S/C13H10N2O4/c16-13(17)10-5-9(7-12(8-10)15(18)19)6-11-3-1-2-4-14-11/h1-5,7-8H,6H2,(H,16,17). The minimum absolute atomic E-state index is 0.0971. The Balaban J connectivity index is 2.39. The number of hydrogen-bond donors (Lipinski definition) is 1. The lowest BCUT2D eigenvalue weighted by Gasteiger charge is -2.03. The minimum Gasteiger partial charge on any atom is -0.478 e. The maximum absolute atomic E-state index is 10.9. The molecule has 0 fully saturated rings. The second-order valence-corrected chi connectivity index (χ2v) is 3.95. The lowest BCUT2D eigenvalue weighted by Crippen LogP contribution is -2.01. The van der Waals surface area contributed by atoms with Gasteiger partial charge in [-0.3, -0.25) is 15.1 Å². The first kappa shape index (κ1) is 12.7. The molecule has 0 radical (unpaired) electrons. The molecule has 1 aromatic heterocycles. The normalized spacial score (nSPS) is 10.1. The third kappa shape index (κ3) is 3.12. The number of nitro benzene ring substituents is 1. The molecular weight excluding hydrogens is 248 g/mol. The van der Waals surface area contributed by atoms with Gasteiger partial charge < -0.3 is 5.11 Å². The number of nitrogens with zero attached hydrogens (tertiary/aromatic N) is 2. The molecule has 0 saturated heterocycles. The Hall–Kier alpha value is -2.76. The smallest absolute Gasteiger partial charge is 0.335 e. The molecule has 6 nitrogen and oxygen atoms in total. The average molecular weight is 258 g/mol. The molecule has 6 heteroatoms. The van der Waals surface area contributed by atoms with E-state index in [0.29, 0.717) is 12.0 Å². The van der Waals surface area contributed by atoms with Crippen LogP contribution in [0.1, 0.15) is 21.6 Å². The van der Waals surface area contributed by atoms with Gasteiger partial charge in [-0.25, -0.2) is 4.79 Å². The van der Waals surface area contributed by atoms with Crippen LogP contribution in [0.2, 0.25) is 0 Å². The monoisotopic (exact) mass is 258 g/mol. The number of aromatic nitrogens is 1. The van der Waals surface area contributed by atoms with Gasteiger partial charge in [-0.1, -0.05) is 6.07 Å². The van der Waals surface area contributed by atoms with E-state index in [2.05, 4.69) is 4.98 Å². The summed E-state index contributed by atoms with van der Waals surface area (Å²) in [6.45, 7) is 0. The molecule has 2 aromatic rings. The molecule has 0 aliphatic rings. The topological polar surface area (TPSA) is 93.3 Å². The van der Waals surface area contributed by atoms with E-state index in [1.165, 1.54) is 12.1 Å². The molecule has 19 heavy (non-hydrogen) atoms. The molecule has 0 spiro atoms. The Labute approximate surface area is 108 Å². The number of benzene rings is 1. The number of non-ortho nitro benzene ring substituents is 1. The second-order valence-electron chi connectivity index (χ2n) is 3.95. The predicted octanol–water partition coefficient (Wildman–Crippen LogP) is 2.28. The SMILES string of the molecule is O=C(O)c1cc(Cc2ccccn2)cc([N+](=O)[O-])c1. The molecule has 1 heterocycles. The maximum Gasteiger partial charge on any atom is 0.335 e. The van der Waals surface area contributed by atoms with Crippen molar-refractivity contribution in [2.45, 2.75) is 6.42 Å². The van der Waals surface area contributed by atoms with Crippen molar-refractivity contribution in [2.24, 2.45) is 0 Å². The minimum atomic E-state index is -1.19. The number of carboxylic acids is 1. The Morgan fingerprint density at radius 3 is 2.68 bits per heavy atom. The van der Waals surface area contributed by atoms with Crippen LogP contribution >= 0.6 is 0 Å². The number of pyridine rings is 1. The van der Waals surface area contributed by atoms with Gasteiger partial charge in [0.2, 0.25) is 0 Å². The van der Waals surface area contributed by atoms with Crippen molar-refractivity contribution in [3.05, 3.63) is 69.5 Å². The fraction of sp³-hybridized carbons (Fsp3) is 0.0769. The highest BCUT2D eigenvalue weighted by molar-refractivity contribution is 5.88. The fourth-order valence-electron chi connectivity index (χ4n) is 1.72. The number of hydrogen-bond acceptors (Lipinski definition) is 4. The Morgan fingerprint density at radius 2 is 2.11 bits per heavy atom. The number of carbonyl (C=O) groups is 1. The Bertz CT molecular complexity index is 594.